The molecule has 0 aliphatic rings. The second-order valence-electron chi connectivity index (χ2n) is 6.22. The highest BCUT2D eigenvalue weighted by Gasteiger charge is 2.34. The molecule has 0 aliphatic heterocycles. The molecule has 4 nitrogen and oxygen atoms in total. The lowest BCUT2D eigenvalue weighted by Gasteiger charge is -2.43. The first kappa shape index (κ1) is 18.2. The highest BCUT2D eigenvalue weighted by atomic mass is 15.3. The average Bonchev–Trinajstić information content (AvgIpc) is 2.88. The van der Waals surface area contributed by atoms with Crippen LogP contribution < -0.4 is 5.32 Å². The number of hydrogen-bond acceptors (Lipinski definition) is 3. The van der Waals surface area contributed by atoms with E-state index in [0.717, 1.165) is 32.4 Å². The minimum Gasteiger partial charge on any atom is -0.312 e. The minimum atomic E-state index is 0.144. The van der Waals surface area contributed by atoms with Gasteiger partial charge in [0.15, 0.2) is 0 Å². The van der Waals surface area contributed by atoms with Crippen LogP contribution in [0.3, 0.4) is 0 Å². The summed E-state index contributed by atoms with van der Waals surface area (Å²) < 4.78 is 2.16. The van der Waals surface area contributed by atoms with Gasteiger partial charge in [0.05, 0.1) is 5.69 Å². The Labute approximate surface area is 130 Å². The summed E-state index contributed by atoms with van der Waals surface area (Å²) in [5, 5.41) is 8.39. The summed E-state index contributed by atoms with van der Waals surface area (Å²) in [6.07, 6.45) is 3.15. The van der Waals surface area contributed by atoms with Crippen LogP contribution >= 0.6 is 0 Å². The molecule has 21 heavy (non-hydrogen) atoms. The molecule has 1 rings (SSSR count). The van der Waals surface area contributed by atoms with Gasteiger partial charge >= 0.3 is 0 Å². The Morgan fingerprint density at radius 2 is 1.95 bits per heavy atom. The molecular formula is C17H34N4. The molecule has 0 aromatic carbocycles. The van der Waals surface area contributed by atoms with Gasteiger partial charge in [-0.25, -0.2) is 0 Å². The van der Waals surface area contributed by atoms with Crippen LogP contribution in [-0.2, 0) is 19.4 Å². The SMILES string of the molecule is CCNC(Cc1cc(CC)nn1CC)C(C)(CC)N(C)C. The Morgan fingerprint density at radius 1 is 1.29 bits per heavy atom. The Bertz CT molecular complexity index is 424. The first-order chi connectivity index (χ1) is 9.92. The molecule has 1 heterocycles. The van der Waals surface area contributed by atoms with Gasteiger partial charge in [-0.1, -0.05) is 20.8 Å². The number of nitrogens with one attached hydrogen (secondary N) is 1. The van der Waals surface area contributed by atoms with Crippen molar-refractivity contribution in [2.24, 2.45) is 0 Å². The van der Waals surface area contributed by atoms with E-state index in [1.807, 2.05) is 0 Å². The third-order valence-electron chi connectivity index (χ3n) is 4.93. The van der Waals surface area contributed by atoms with Crippen molar-refractivity contribution in [2.75, 3.05) is 20.6 Å². The summed E-state index contributed by atoms with van der Waals surface area (Å²) >= 11 is 0. The van der Waals surface area contributed by atoms with Gasteiger partial charge in [0.25, 0.3) is 0 Å². The number of rotatable bonds is 9. The number of nitrogens with zero attached hydrogens (tertiary/aromatic N) is 3. The fourth-order valence-electron chi connectivity index (χ4n) is 2.97. The van der Waals surface area contributed by atoms with Crippen molar-refractivity contribution >= 4 is 0 Å². The van der Waals surface area contributed by atoms with Crippen LogP contribution in [0.5, 0.6) is 0 Å². The van der Waals surface area contributed by atoms with Gasteiger partial charge in [-0.15, -0.1) is 0 Å². The van der Waals surface area contributed by atoms with E-state index in [1.165, 1.54) is 11.4 Å². The smallest absolute Gasteiger partial charge is 0.0624 e. The van der Waals surface area contributed by atoms with E-state index in [0.29, 0.717) is 6.04 Å². The maximum atomic E-state index is 4.69. The van der Waals surface area contributed by atoms with Gasteiger partial charge in [0.2, 0.25) is 0 Å². The maximum Gasteiger partial charge on any atom is 0.0624 e. The lowest BCUT2D eigenvalue weighted by atomic mass is 9.85. The van der Waals surface area contributed by atoms with Crippen LogP contribution in [0.2, 0.25) is 0 Å². The van der Waals surface area contributed by atoms with E-state index in [9.17, 15) is 0 Å². The molecule has 0 amide bonds. The van der Waals surface area contributed by atoms with Gasteiger partial charge in [0, 0.05) is 30.2 Å². The Balaban J connectivity index is 3.05. The summed E-state index contributed by atoms with van der Waals surface area (Å²) in [6.45, 7) is 13.1. The van der Waals surface area contributed by atoms with E-state index in [4.69, 9.17) is 0 Å². The molecule has 2 unspecified atom stereocenters. The molecule has 4 heteroatoms. The molecule has 0 spiro atoms. The second-order valence-corrected chi connectivity index (χ2v) is 6.22. The monoisotopic (exact) mass is 294 g/mol. The van der Waals surface area contributed by atoms with Crippen molar-refractivity contribution in [3.8, 4) is 0 Å². The molecule has 1 aromatic heterocycles. The molecule has 2 atom stereocenters. The second kappa shape index (κ2) is 7.95. The highest BCUT2D eigenvalue weighted by molar-refractivity contribution is 5.14. The van der Waals surface area contributed by atoms with E-state index >= 15 is 0 Å². The van der Waals surface area contributed by atoms with E-state index < -0.39 is 0 Å². The third-order valence-corrected chi connectivity index (χ3v) is 4.93. The molecule has 0 bridgehead atoms. The molecule has 0 aliphatic carbocycles. The fraction of sp³-hybridized carbons (Fsp3) is 0.824. The van der Waals surface area contributed by atoms with Crippen LogP contribution in [-0.4, -0.2) is 46.9 Å². The van der Waals surface area contributed by atoms with Gasteiger partial charge in [-0.05, 0) is 53.4 Å². The standard InChI is InChI=1S/C17H34N4/c1-8-14-12-15(21(11-4)19-14)13-16(18-10-3)17(5,9-2)20(6)7/h12,16,18H,8-11,13H2,1-7H3. The summed E-state index contributed by atoms with van der Waals surface area (Å²) in [6, 6.07) is 2.70. The zero-order valence-electron chi connectivity index (χ0n) is 15.0. The van der Waals surface area contributed by atoms with Crippen molar-refractivity contribution in [3.63, 3.8) is 0 Å². The van der Waals surface area contributed by atoms with Crippen LogP contribution in [0.25, 0.3) is 0 Å². The number of likely N-dealkylation sites (N-methyl/N-ethyl adjacent to an activating group) is 2. The van der Waals surface area contributed by atoms with Crippen LogP contribution in [0.4, 0.5) is 0 Å². The molecule has 0 radical (unpaired) electrons. The maximum absolute atomic E-state index is 4.69. The first-order valence-corrected chi connectivity index (χ1v) is 8.39. The Hall–Kier alpha value is -0.870. The van der Waals surface area contributed by atoms with Crippen molar-refractivity contribution < 1.29 is 0 Å². The lowest BCUT2D eigenvalue weighted by Crippen LogP contribution is -2.57. The summed E-state index contributed by atoms with van der Waals surface area (Å²) in [7, 11) is 4.37. The quantitative estimate of drug-likeness (QED) is 0.760. The first-order valence-electron chi connectivity index (χ1n) is 8.39. The summed E-state index contributed by atoms with van der Waals surface area (Å²) in [5.74, 6) is 0. The largest absolute Gasteiger partial charge is 0.312 e. The fourth-order valence-corrected chi connectivity index (χ4v) is 2.97. The third kappa shape index (κ3) is 4.07. The summed E-state index contributed by atoms with van der Waals surface area (Å²) in [5.41, 5.74) is 2.69. The van der Waals surface area contributed by atoms with Crippen LogP contribution in [0, 0.1) is 0 Å². The van der Waals surface area contributed by atoms with Crippen molar-refractivity contribution in [1.29, 1.82) is 0 Å². The number of aromatic nitrogens is 2. The molecule has 0 saturated heterocycles. The zero-order chi connectivity index (χ0) is 16.0. The molecule has 1 N–H and O–H groups in total. The normalized spacial score (nSPS) is 16.2. The van der Waals surface area contributed by atoms with E-state index in [1.54, 1.807) is 0 Å². The molecule has 0 saturated carbocycles. The minimum absolute atomic E-state index is 0.144. The van der Waals surface area contributed by atoms with Gasteiger partial charge in [0.1, 0.15) is 0 Å². The summed E-state index contributed by atoms with van der Waals surface area (Å²) in [4.78, 5) is 2.35. The Morgan fingerprint density at radius 3 is 2.38 bits per heavy atom. The van der Waals surface area contributed by atoms with Gasteiger partial charge in [-0.3, -0.25) is 4.68 Å². The zero-order valence-corrected chi connectivity index (χ0v) is 15.0. The topological polar surface area (TPSA) is 33.1 Å². The highest BCUT2D eigenvalue weighted by Crippen LogP contribution is 2.24. The van der Waals surface area contributed by atoms with E-state index in [2.05, 4.69) is 74.8 Å². The molecule has 1 aromatic rings. The van der Waals surface area contributed by atoms with Crippen molar-refractivity contribution in [1.82, 2.24) is 20.0 Å². The van der Waals surface area contributed by atoms with Crippen LogP contribution in [0.1, 0.15) is 52.4 Å². The van der Waals surface area contributed by atoms with Crippen LogP contribution in [0.15, 0.2) is 6.07 Å². The average molecular weight is 294 g/mol. The lowest BCUT2D eigenvalue weighted by molar-refractivity contribution is 0.112. The van der Waals surface area contributed by atoms with E-state index in [-0.39, 0.29) is 5.54 Å². The molecule has 122 valence electrons. The predicted octanol–water partition coefficient (Wildman–Crippen LogP) is 2.72. The number of hydrogen-bond donors (Lipinski definition) is 1. The molecule has 0 fully saturated rings. The Kier molecular flexibility index (Phi) is 6.88. The van der Waals surface area contributed by atoms with Crippen molar-refractivity contribution in [3.05, 3.63) is 17.5 Å². The number of aryl methyl sites for hydroxylation is 2. The predicted molar refractivity (Wildman–Crippen MR) is 90.8 cm³/mol. The van der Waals surface area contributed by atoms with Gasteiger partial charge < -0.3 is 10.2 Å². The van der Waals surface area contributed by atoms with Crippen molar-refractivity contribution in [2.45, 2.75) is 72.0 Å². The molecular weight excluding hydrogens is 260 g/mol. The van der Waals surface area contributed by atoms with Gasteiger partial charge in [-0.2, -0.15) is 5.10 Å².